The minimum absolute atomic E-state index is 0.133. The lowest BCUT2D eigenvalue weighted by molar-refractivity contribution is 0.580. The fourth-order valence-electron chi connectivity index (χ4n) is 1.53. The maximum Gasteiger partial charge on any atom is 0.0794 e. The number of hydrogen-bond acceptors (Lipinski definition) is 4. The summed E-state index contributed by atoms with van der Waals surface area (Å²) in [5.41, 5.74) is 2.72. The van der Waals surface area contributed by atoms with Crippen LogP contribution in [0.4, 0.5) is 0 Å². The number of nitrogens with zero attached hydrogens (tertiary/aromatic N) is 2. The lowest BCUT2D eigenvalue weighted by atomic mass is 10.1. The van der Waals surface area contributed by atoms with Gasteiger partial charge in [0.1, 0.15) is 0 Å². The highest BCUT2D eigenvalue weighted by Crippen LogP contribution is 2.24. The largest absolute Gasteiger partial charge is 0.311 e. The number of nitrogens with one attached hydrogen (secondary N) is 1. The molecule has 0 fully saturated rings. The Bertz CT molecular complexity index is 444. The fraction of sp³-hybridized carbons (Fsp3) is 0.273. The molecule has 84 valence electrons. The highest BCUT2D eigenvalue weighted by Gasteiger charge is 2.15. The second-order valence-corrected chi connectivity index (χ2v) is 4.76. The van der Waals surface area contributed by atoms with Crippen molar-refractivity contribution in [2.75, 3.05) is 7.05 Å². The maximum atomic E-state index is 6.12. The Labute approximate surface area is 104 Å². The van der Waals surface area contributed by atoms with E-state index in [-0.39, 0.29) is 6.04 Å². The van der Waals surface area contributed by atoms with Crippen molar-refractivity contribution in [1.82, 2.24) is 15.3 Å². The van der Waals surface area contributed by atoms with Gasteiger partial charge >= 0.3 is 0 Å². The van der Waals surface area contributed by atoms with Crippen LogP contribution in [0.2, 0.25) is 5.02 Å². The van der Waals surface area contributed by atoms with Crippen molar-refractivity contribution in [1.29, 1.82) is 0 Å². The fourth-order valence-corrected chi connectivity index (χ4v) is 2.43. The molecule has 2 aromatic rings. The molecular weight excluding hydrogens is 242 g/mol. The molecule has 1 N–H and O–H groups in total. The minimum Gasteiger partial charge on any atom is -0.311 e. The number of likely N-dealkylation sites (N-methyl/N-ethyl adjacent to an activating group) is 1. The van der Waals surface area contributed by atoms with Gasteiger partial charge in [-0.3, -0.25) is 9.97 Å². The third-order valence-corrected chi connectivity index (χ3v) is 3.48. The molecule has 0 aliphatic heterocycles. The van der Waals surface area contributed by atoms with Crippen LogP contribution in [-0.2, 0) is 6.42 Å². The molecule has 2 heterocycles. The third-order valence-electron chi connectivity index (χ3n) is 2.35. The zero-order chi connectivity index (χ0) is 11.4. The van der Waals surface area contributed by atoms with Crippen molar-refractivity contribution in [2.45, 2.75) is 12.5 Å². The SMILES string of the molecule is CNC(Cc1cncs1)c1ncccc1Cl. The number of rotatable bonds is 4. The van der Waals surface area contributed by atoms with Crippen molar-refractivity contribution >= 4 is 22.9 Å². The van der Waals surface area contributed by atoms with Crippen LogP contribution in [0.3, 0.4) is 0 Å². The van der Waals surface area contributed by atoms with Crippen molar-refractivity contribution in [3.8, 4) is 0 Å². The first kappa shape index (κ1) is 11.5. The normalized spacial score (nSPS) is 12.6. The molecular formula is C11H12ClN3S. The lowest BCUT2D eigenvalue weighted by Crippen LogP contribution is -2.20. The topological polar surface area (TPSA) is 37.8 Å². The van der Waals surface area contributed by atoms with Crippen LogP contribution in [0.15, 0.2) is 30.0 Å². The predicted octanol–water partition coefficient (Wildman–Crippen LogP) is 2.69. The van der Waals surface area contributed by atoms with Crippen LogP contribution in [0, 0.1) is 0 Å². The van der Waals surface area contributed by atoms with Gasteiger partial charge in [0, 0.05) is 23.7 Å². The summed E-state index contributed by atoms with van der Waals surface area (Å²) in [5.74, 6) is 0. The van der Waals surface area contributed by atoms with Gasteiger partial charge in [-0.2, -0.15) is 0 Å². The van der Waals surface area contributed by atoms with E-state index in [0.717, 1.165) is 12.1 Å². The first-order valence-corrected chi connectivity index (χ1v) is 6.22. The van der Waals surface area contributed by atoms with Gasteiger partial charge < -0.3 is 5.32 Å². The Balaban J connectivity index is 2.20. The Morgan fingerprint density at radius 2 is 2.44 bits per heavy atom. The summed E-state index contributed by atoms with van der Waals surface area (Å²) in [6, 6.07) is 3.83. The molecule has 0 aromatic carbocycles. The molecule has 16 heavy (non-hydrogen) atoms. The van der Waals surface area contributed by atoms with E-state index in [2.05, 4.69) is 15.3 Å². The summed E-state index contributed by atoms with van der Waals surface area (Å²) in [6.07, 6.45) is 4.50. The van der Waals surface area contributed by atoms with Gasteiger partial charge in [0.05, 0.1) is 22.3 Å². The van der Waals surface area contributed by atoms with Crippen molar-refractivity contribution in [2.24, 2.45) is 0 Å². The molecule has 0 bridgehead atoms. The highest BCUT2D eigenvalue weighted by molar-refractivity contribution is 7.09. The second-order valence-electron chi connectivity index (χ2n) is 3.38. The number of hydrogen-bond donors (Lipinski definition) is 1. The molecule has 0 aliphatic rings. The second kappa shape index (κ2) is 5.39. The Morgan fingerprint density at radius 3 is 3.06 bits per heavy atom. The average molecular weight is 254 g/mol. The van der Waals surface area contributed by atoms with Gasteiger partial charge in [0.15, 0.2) is 0 Å². The van der Waals surface area contributed by atoms with Crippen molar-refractivity contribution < 1.29 is 0 Å². The maximum absolute atomic E-state index is 6.12. The summed E-state index contributed by atoms with van der Waals surface area (Å²) in [4.78, 5) is 9.61. The van der Waals surface area contributed by atoms with Crippen LogP contribution in [0.25, 0.3) is 0 Å². The Hall–Kier alpha value is -0.970. The highest BCUT2D eigenvalue weighted by atomic mass is 35.5. The van der Waals surface area contributed by atoms with Crippen LogP contribution in [0.1, 0.15) is 16.6 Å². The van der Waals surface area contributed by atoms with E-state index in [1.165, 1.54) is 4.88 Å². The lowest BCUT2D eigenvalue weighted by Gasteiger charge is -2.15. The first-order valence-electron chi connectivity index (χ1n) is 4.96. The first-order chi connectivity index (χ1) is 7.81. The molecule has 0 saturated heterocycles. The molecule has 0 radical (unpaired) electrons. The smallest absolute Gasteiger partial charge is 0.0794 e. The summed E-state index contributed by atoms with van der Waals surface area (Å²) in [5, 5.41) is 3.93. The van der Waals surface area contributed by atoms with E-state index in [4.69, 9.17) is 11.6 Å². The summed E-state index contributed by atoms with van der Waals surface area (Å²) < 4.78 is 0. The molecule has 5 heteroatoms. The molecule has 1 unspecified atom stereocenters. The van der Waals surface area contributed by atoms with Crippen LogP contribution < -0.4 is 5.32 Å². The van der Waals surface area contributed by atoms with E-state index in [9.17, 15) is 0 Å². The van der Waals surface area contributed by atoms with E-state index < -0.39 is 0 Å². The molecule has 0 saturated carbocycles. The average Bonchev–Trinajstić information content (AvgIpc) is 2.80. The molecule has 0 aliphatic carbocycles. The molecule has 3 nitrogen and oxygen atoms in total. The van der Waals surface area contributed by atoms with Crippen molar-refractivity contribution in [3.63, 3.8) is 0 Å². The summed E-state index contributed by atoms with van der Waals surface area (Å²) >= 11 is 7.77. The zero-order valence-corrected chi connectivity index (χ0v) is 10.4. The third kappa shape index (κ3) is 2.58. The van der Waals surface area contributed by atoms with E-state index >= 15 is 0 Å². The van der Waals surface area contributed by atoms with Gasteiger partial charge in [-0.25, -0.2) is 0 Å². The van der Waals surface area contributed by atoms with Crippen molar-refractivity contribution in [3.05, 3.63) is 45.6 Å². The number of halogens is 1. The van der Waals surface area contributed by atoms with E-state index in [0.29, 0.717) is 5.02 Å². The Kier molecular flexibility index (Phi) is 3.88. The molecule has 2 aromatic heterocycles. The number of thiazole rings is 1. The van der Waals surface area contributed by atoms with Gasteiger partial charge in [-0.05, 0) is 19.2 Å². The zero-order valence-electron chi connectivity index (χ0n) is 8.85. The monoisotopic (exact) mass is 253 g/mol. The standard InChI is InChI=1S/C11H12ClN3S/c1-13-10(5-8-6-14-7-16-8)11-9(12)3-2-4-15-11/h2-4,6-7,10,13H,5H2,1H3. The molecule has 1 atom stereocenters. The summed E-state index contributed by atoms with van der Waals surface area (Å²) in [6.45, 7) is 0. The van der Waals surface area contributed by atoms with Gasteiger partial charge in [-0.1, -0.05) is 11.6 Å². The Morgan fingerprint density at radius 1 is 1.56 bits per heavy atom. The van der Waals surface area contributed by atoms with Crippen LogP contribution >= 0.6 is 22.9 Å². The predicted molar refractivity (Wildman–Crippen MR) is 66.9 cm³/mol. The number of pyridine rings is 1. The summed E-state index contributed by atoms with van der Waals surface area (Å²) in [7, 11) is 1.91. The van der Waals surface area contributed by atoms with E-state index in [1.54, 1.807) is 17.5 Å². The molecule has 0 amide bonds. The van der Waals surface area contributed by atoms with Crippen LogP contribution in [-0.4, -0.2) is 17.0 Å². The minimum atomic E-state index is 0.133. The molecule has 2 rings (SSSR count). The van der Waals surface area contributed by atoms with Gasteiger partial charge in [0.2, 0.25) is 0 Å². The quantitative estimate of drug-likeness (QED) is 0.911. The van der Waals surface area contributed by atoms with Gasteiger partial charge in [-0.15, -0.1) is 11.3 Å². The van der Waals surface area contributed by atoms with Crippen LogP contribution in [0.5, 0.6) is 0 Å². The number of aromatic nitrogens is 2. The molecule has 0 spiro atoms. The van der Waals surface area contributed by atoms with Gasteiger partial charge in [0.25, 0.3) is 0 Å². The van der Waals surface area contributed by atoms with E-state index in [1.807, 2.05) is 30.9 Å².